The fourth-order valence-corrected chi connectivity index (χ4v) is 0.977. The molecule has 0 saturated heterocycles. The zero-order valence-electron chi connectivity index (χ0n) is 8.33. The number of carboxylic acid groups (broad SMARTS) is 1. The van der Waals surface area contributed by atoms with Crippen LogP contribution >= 0.6 is 0 Å². The van der Waals surface area contributed by atoms with Crippen molar-refractivity contribution in [2.75, 3.05) is 11.9 Å². The number of nitrogens with one attached hydrogen (secondary N) is 1. The fraction of sp³-hybridized carbons (Fsp3) is 0.182. The van der Waals surface area contributed by atoms with Gasteiger partial charge in [-0.15, -0.1) is 0 Å². The average Bonchev–Trinajstić information content (AvgIpc) is 2.20. The number of carboxylic acids is 1. The molecule has 0 bridgehead atoms. The van der Waals surface area contributed by atoms with Gasteiger partial charge in [-0.25, -0.2) is 9.18 Å². The SMILES string of the molecule is C/C(=C/CNc1ccc(F)cc1)C(=O)O. The van der Waals surface area contributed by atoms with Crippen molar-refractivity contribution in [3.63, 3.8) is 0 Å². The van der Waals surface area contributed by atoms with Gasteiger partial charge in [-0.2, -0.15) is 0 Å². The van der Waals surface area contributed by atoms with Crippen LogP contribution in [0.5, 0.6) is 0 Å². The van der Waals surface area contributed by atoms with E-state index in [0.29, 0.717) is 6.54 Å². The third kappa shape index (κ3) is 3.81. The summed E-state index contributed by atoms with van der Waals surface area (Å²) in [6, 6.07) is 5.88. The molecule has 15 heavy (non-hydrogen) atoms. The summed E-state index contributed by atoms with van der Waals surface area (Å²) in [7, 11) is 0. The van der Waals surface area contributed by atoms with Gasteiger partial charge in [0.1, 0.15) is 5.82 Å². The largest absolute Gasteiger partial charge is 0.478 e. The summed E-state index contributed by atoms with van der Waals surface area (Å²) >= 11 is 0. The summed E-state index contributed by atoms with van der Waals surface area (Å²) in [6.07, 6.45) is 1.56. The molecule has 0 amide bonds. The van der Waals surface area contributed by atoms with Crippen LogP contribution in [0.2, 0.25) is 0 Å². The minimum absolute atomic E-state index is 0.282. The Balaban J connectivity index is 2.48. The first kappa shape index (κ1) is 11.2. The van der Waals surface area contributed by atoms with Crippen molar-refractivity contribution in [1.82, 2.24) is 0 Å². The monoisotopic (exact) mass is 209 g/mol. The van der Waals surface area contributed by atoms with Gasteiger partial charge in [0.05, 0.1) is 0 Å². The molecule has 1 rings (SSSR count). The molecule has 0 atom stereocenters. The highest BCUT2D eigenvalue weighted by Crippen LogP contribution is 2.07. The summed E-state index contributed by atoms with van der Waals surface area (Å²) in [4.78, 5) is 10.4. The lowest BCUT2D eigenvalue weighted by molar-refractivity contribution is -0.132. The zero-order valence-corrected chi connectivity index (χ0v) is 8.33. The first-order chi connectivity index (χ1) is 7.09. The van der Waals surface area contributed by atoms with Crippen LogP contribution in [0.4, 0.5) is 10.1 Å². The topological polar surface area (TPSA) is 49.3 Å². The Hall–Kier alpha value is -1.84. The predicted octanol–water partition coefficient (Wildman–Crippen LogP) is 2.27. The maximum atomic E-state index is 12.5. The predicted molar refractivity (Wildman–Crippen MR) is 56.3 cm³/mol. The maximum absolute atomic E-state index is 12.5. The van der Waals surface area contributed by atoms with Crippen molar-refractivity contribution in [3.05, 3.63) is 41.7 Å². The normalized spacial score (nSPS) is 11.2. The number of halogens is 1. The third-order valence-corrected chi connectivity index (χ3v) is 1.90. The number of aliphatic carboxylic acids is 1. The molecule has 4 heteroatoms. The highest BCUT2D eigenvalue weighted by molar-refractivity contribution is 5.85. The molecule has 0 aliphatic rings. The molecule has 80 valence electrons. The van der Waals surface area contributed by atoms with E-state index in [1.165, 1.54) is 19.1 Å². The summed E-state index contributed by atoms with van der Waals surface area (Å²) in [5.41, 5.74) is 1.04. The van der Waals surface area contributed by atoms with Crippen molar-refractivity contribution in [1.29, 1.82) is 0 Å². The van der Waals surface area contributed by atoms with E-state index in [0.717, 1.165) is 5.69 Å². The molecule has 0 saturated carbocycles. The second kappa shape index (κ2) is 5.14. The lowest BCUT2D eigenvalue weighted by Gasteiger charge is -2.02. The number of hydrogen-bond acceptors (Lipinski definition) is 2. The van der Waals surface area contributed by atoms with Gasteiger partial charge in [-0.3, -0.25) is 0 Å². The number of anilines is 1. The molecule has 1 aromatic rings. The average molecular weight is 209 g/mol. The van der Waals surface area contributed by atoms with Crippen molar-refractivity contribution >= 4 is 11.7 Å². The zero-order chi connectivity index (χ0) is 11.3. The molecule has 0 spiro atoms. The highest BCUT2D eigenvalue weighted by atomic mass is 19.1. The number of benzene rings is 1. The molecule has 0 radical (unpaired) electrons. The minimum atomic E-state index is -0.934. The van der Waals surface area contributed by atoms with Gasteiger partial charge >= 0.3 is 5.97 Å². The molecule has 0 heterocycles. The Bertz CT molecular complexity index is 371. The van der Waals surface area contributed by atoms with E-state index in [9.17, 15) is 9.18 Å². The Kier molecular flexibility index (Phi) is 3.85. The van der Waals surface area contributed by atoms with Gasteiger partial charge < -0.3 is 10.4 Å². The van der Waals surface area contributed by atoms with E-state index in [1.807, 2.05) is 0 Å². The Labute approximate surface area is 87.2 Å². The molecule has 0 aliphatic carbocycles. The molecule has 0 unspecified atom stereocenters. The van der Waals surface area contributed by atoms with Gasteiger partial charge in [0.15, 0.2) is 0 Å². The summed E-state index contributed by atoms with van der Waals surface area (Å²) in [5, 5.41) is 11.5. The lowest BCUT2D eigenvalue weighted by atomic mass is 10.2. The van der Waals surface area contributed by atoms with Crippen molar-refractivity contribution < 1.29 is 14.3 Å². The van der Waals surface area contributed by atoms with E-state index >= 15 is 0 Å². The number of hydrogen-bond donors (Lipinski definition) is 2. The Morgan fingerprint density at radius 3 is 2.60 bits per heavy atom. The van der Waals surface area contributed by atoms with Crippen LogP contribution < -0.4 is 5.32 Å². The van der Waals surface area contributed by atoms with Crippen LogP contribution in [0.25, 0.3) is 0 Å². The molecule has 3 nitrogen and oxygen atoms in total. The van der Waals surface area contributed by atoms with E-state index in [-0.39, 0.29) is 11.4 Å². The summed E-state index contributed by atoms with van der Waals surface area (Å²) in [6.45, 7) is 1.93. The van der Waals surface area contributed by atoms with E-state index < -0.39 is 5.97 Å². The smallest absolute Gasteiger partial charge is 0.331 e. The highest BCUT2D eigenvalue weighted by Gasteiger charge is 1.97. The molecule has 0 aromatic heterocycles. The molecule has 1 aromatic carbocycles. The van der Waals surface area contributed by atoms with Crippen molar-refractivity contribution in [3.8, 4) is 0 Å². The van der Waals surface area contributed by atoms with Crippen molar-refractivity contribution in [2.24, 2.45) is 0 Å². The number of rotatable bonds is 4. The van der Waals surface area contributed by atoms with E-state index in [2.05, 4.69) is 5.32 Å². The first-order valence-electron chi connectivity index (χ1n) is 4.49. The Morgan fingerprint density at radius 1 is 1.47 bits per heavy atom. The van der Waals surface area contributed by atoms with Crippen LogP contribution in [-0.4, -0.2) is 17.6 Å². The minimum Gasteiger partial charge on any atom is -0.478 e. The van der Waals surface area contributed by atoms with Gasteiger partial charge in [-0.05, 0) is 31.2 Å². The second-order valence-electron chi connectivity index (χ2n) is 3.08. The molecular formula is C11H12FNO2. The van der Waals surface area contributed by atoms with Gasteiger partial charge in [0.25, 0.3) is 0 Å². The van der Waals surface area contributed by atoms with E-state index in [4.69, 9.17) is 5.11 Å². The lowest BCUT2D eigenvalue weighted by Crippen LogP contribution is -2.02. The molecule has 2 N–H and O–H groups in total. The van der Waals surface area contributed by atoms with Crippen LogP contribution in [0, 0.1) is 5.82 Å². The van der Waals surface area contributed by atoms with Crippen LogP contribution in [0.1, 0.15) is 6.92 Å². The molecular weight excluding hydrogens is 197 g/mol. The van der Waals surface area contributed by atoms with Gasteiger partial charge in [-0.1, -0.05) is 6.08 Å². The molecule has 0 aliphatic heterocycles. The number of carbonyl (C=O) groups is 1. The quantitative estimate of drug-likeness (QED) is 0.748. The third-order valence-electron chi connectivity index (χ3n) is 1.90. The van der Waals surface area contributed by atoms with Crippen LogP contribution in [0.15, 0.2) is 35.9 Å². The summed E-state index contributed by atoms with van der Waals surface area (Å²) in [5.74, 6) is -1.23. The van der Waals surface area contributed by atoms with Gasteiger partial charge in [0.2, 0.25) is 0 Å². The standard InChI is InChI=1S/C11H12FNO2/c1-8(11(14)15)6-7-13-10-4-2-9(12)3-5-10/h2-6,13H,7H2,1H3,(H,14,15)/b8-6-. The second-order valence-corrected chi connectivity index (χ2v) is 3.08. The van der Waals surface area contributed by atoms with Crippen LogP contribution in [-0.2, 0) is 4.79 Å². The maximum Gasteiger partial charge on any atom is 0.331 e. The van der Waals surface area contributed by atoms with E-state index in [1.54, 1.807) is 18.2 Å². The van der Waals surface area contributed by atoms with Crippen LogP contribution in [0.3, 0.4) is 0 Å². The van der Waals surface area contributed by atoms with Crippen molar-refractivity contribution in [2.45, 2.75) is 6.92 Å². The fourth-order valence-electron chi connectivity index (χ4n) is 0.977. The van der Waals surface area contributed by atoms with Gasteiger partial charge in [0, 0.05) is 17.8 Å². The Morgan fingerprint density at radius 2 is 2.07 bits per heavy atom. The first-order valence-corrected chi connectivity index (χ1v) is 4.49. The molecule has 0 fully saturated rings. The summed E-state index contributed by atoms with van der Waals surface area (Å²) < 4.78 is 12.5.